The Bertz CT molecular complexity index is 1290. The molecule has 2 aliphatic heterocycles. The Kier molecular flexibility index (Phi) is 16.2. The van der Waals surface area contributed by atoms with E-state index in [0.29, 0.717) is 30.5 Å². The zero-order chi connectivity index (χ0) is 36.7. The van der Waals surface area contributed by atoms with Crippen LogP contribution < -0.4 is 25.4 Å². The molecule has 2 saturated heterocycles. The van der Waals surface area contributed by atoms with Crippen molar-refractivity contribution in [3.05, 3.63) is 60.7 Å². The van der Waals surface area contributed by atoms with Crippen LogP contribution in [0.3, 0.4) is 0 Å². The highest BCUT2D eigenvalue weighted by Crippen LogP contribution is 2.55. The van der Waals surface area contributed by atoms with Crippen LogP contribution in [-0.2, 0) is 14.2 Å². The van der Waals surface area contributed by atoms with Gasteiger partial charge < -0.3 is 40.5 Å². The van der Waals surface area contributed by atoms with Gasteiger partial charge in [-0.2, -0.15) is 26.3 Å². The topological polar surface area (TPSA) is 187 Å². The SMILES string of the molecule is N=C(N)N1CCC(C(NCCC2CCNCC2)P(=O)(Oc2ccccc2)Oc2ccccc2)CC1.O=C(O)C(F)(F)F.O=C(O)C(F)(F)F. The van der Waals surface area contributed by atoms with E-state index in [1.54, 1.807) is 0 Å². The minimum atomic E-state index is -5.08. The van der Waals surface area contributed by atoms with Crippen molar-refractivity contribution in [3.63, 3.8) is 0 Å². The van der Waals surface area contributed by atoms with E-state index < -0.39 is 37.7 Å². The average molecular weight is 728 g/mol. The van der Waals surface area contributed by atoms with Crippen molar-refractivity contribution < 1.29 is 59.8 Å². The van der Waals surface area contributed by atoms with Crippen LogP contribution in [0, 0.1) is 17.2 Å². The quantitative estimate of drug-likeness (QED) is 0.0784. The van der Waals surface area contributed by atoms with Crippen LogP contribution >= 0.6 is 7.60 Å². The first kappa shape index (κ1) is 41.2. The fourth-order valence-corrected chi connectivity index (χ4v) is 7.25. The molecule has 2 aromatic carbocycles. The van der Waals surface area contributed by atoms with Crippen LogP contribution in [0.4, 0.5) is 26.3 Å². The third-order valence-electron chi connectivity index (χ3n) is 7.47. The number of nitrogens with one attached hydrogen (secondary N) is 3. The first-order valence-corrected chi connectivity index (χ1v) is 16.8. The Morgan fingerprint density at radius 2 is 1.29 bits per heavy atom. The van der Waals surface area contributed by atoms with Gasteiger partial charge in [0.15, 0.2) is 5.96 Å². The van der Waals surface area contributed by atoms with E-state index in [0.717, 1.165) is 38.9 Å². The summed E-state index contributed by atoms with van der Waals surface area (Å²) in [6.07, 6.45) is -5.29. The highest BCUT2D eigenvalue weighted by molar-refractivity contribution is 7.55. The molecule has 2 aliphatic rings. The monoisotopic (exact) mass is 727 g/mol. The number of benzene rings is 2. The lowest BCUT2D eigenvalue weighted by molar-refractivity contribution is -0.193. The molecule has 2 aromatic rings. The largest absolute Gasteiger partial charge is 0.490 e. The van der Waals surface area contributed by atoms with E-state index in [4.69, 9.17) is 40.0 Å². The maximum absolute atomic E-state index is 14.7. The van der Waals surface area contributed by atoms with Crippen molar-refractivity contribution in [2.45, 2.75) is 50.2 Å². The van der Waals surface area contributed by atoms with Gasteiger partial charge in [0.25, 0.3) is 0 Å². The van der Waals surface area contributed by atoms with Gasteiger partial charge in [-0.25, -0.2) is 14.2 Å². The van der Waals surface area contributed by atoms with E-state index in [9.17, 15) is 30.9 Å². The number of alkyl halides is 6. The van der Waals surface area contributed by atoms with Crippen molar-refractivity contribution in [2.24, 2.45) is 17.6 Å². The predicted molar refractivity (Wildman–Crippen MR) is 167 cm³/mol. The lowest BCUT2D eigenvalue weighted by atomic mass is 9.94. The number of piperidine rings is 2. The second-order valence-electron chi connectivity index (χ2n) is 11.0. The highest BCUT2D eigenvalue weighted by atomic mass is 31.2. The van der Waals surface area contributed by atoms with Gasteiger partial charge in [-0.05, 0) is 87.8 Å². The van der Waals surface area contributed by atoms with Crippen LogP contribution in [0.5, 0.6) is 11.5 Å². The Labute approximate surface area is 279 Å². The number of nitrogens with zero attached hydrogens (tertiary/aromatic N) is 1. The molecule has 0 amide bonds. The molecule has 19 heteroatoms. The van der Waals surface area contributed by atoms with Crippen LogP contribution in [0.15, 0.2) is 60.7 Å². The number of guanidine groups is 1. The van der Waals surface area contributed by atoms with Crippen LogP contribution in [0.1, 0.15) is 32.1 Å². The smallest absolute Gasteiger partial charge is 0.475 e. The average Bonchev–Trinajstić information content (AvgIpc) is 3.04. The molecule has 0 saturated carbocycles. The molecule has 1 atom stereocenters. The summed E-state index contributed by atoms with van der Waals surface area (Å²) in [6.45, 7) is 4.18. The summed E-state index contributed by atoms with van der Waals surface area (Å²) in [5, 5.41) is 29.1. The Balaban J connectivity index is 0.000000500. The van der Waals surface area contributed by atoms with Crippen molar-refractivity contribution in [2.75, 3.05) is 32.7 Å². The third kappa shape index (κ3) is 15.0. The van der Waals surface area contributed by atoms with Gasteiger partial charge in [-0.15, -0.1) is 0 Å². The van der Waals surface area contributed by atoms with Crippen LogP contribution in [-0.4, -0.2) is 83.9 Å². The molecule has 49 heavy (non-hydrogen) atoms. The van der Waals surface area contributed by atoms with Gasteiger partial charge in [0, 0.05) is 13.1 Å². The summed E-state index contributed by atoms with van der Waals surface area (Å²) >= 11 is 0. The number of aliphatic carboxylic acids is 2. The molecule has 0 radical (unpaired) electrons. The lowest BCUT2D eigenvalue weighted by Crippen LogP contribution is -2.48. The molecular formula is C30H40F6N5O7P. The number of para-hydroxylation sites is 2. The molecule has 274 valence electrons. The zero-order valence-corrected chi connectivity index (χ0v) is 27.1. The number of halogens is 6. The number of nitrogens with two attached hydrogens (primary N) is 1. The van der Waals surface area contributed by atoms with Crippen molar-refractivity contribution >= 4 is 25.5 Å². The van der Waals surface area contributed by atoms with Crippen LogP contribution in [0.2, 0.25) is 0 Å². The molecule has 12 nitrogen and oxygen atoms in total. The molecule has 0 aliphatic carbocycles. The summed E-state index contributed by atoms with van der Waals surface area (Å²) in [7, 11) is -3.68. The molecule has 0 aromatic heterocycles. The van der Waals surface area contributed by atoms with Crippen molar-refractivity contribution in [1.29, 1.82) is 5.41 Å². The predicted octanol–water partition coefficient (Wildman–Crippen LogP) is 5.51. The van der Waals surface area contributed by atoms with Gasteiger partial charge in [0.1, 0.15) is 17.3 Å². The minimum Gasteiger partial charge on any atom is -0.475 e. The van der Waals surface area contributed by atoms with Crippen molar-refractivity contribution in [1.82, 2.24) is 15.5 Å². The Morgan fingerprint density at radius 3 is 1.65 bits per heavy atom. The fraction of sp³-hybridized carbons (Fsp3) is 0.500. The first-order chi connectivity index (χ1) is 22.9. The van der Waals surface area contributed by atoms with Gasteiger partial charge >= 0.3 is 31.9 Å². The summed E-state index contributed by atoms with van der Waals surface area (Å²) in [4.78, 5) is 19.7. The number of carboxylic acid groups (broad SMARTS) is 2. The number of carbonyl (C=O) groups is 2. The second-order valence-corrected chi connectivity index (χ2v) is 13.0. The normalized spacial score (nSPS) is 16.6. The molecule has 4 rings (SSSR count). The molecule has 0 spiro atoms. The minimum absolute atomic E-state index is 0.0666. The summed E-state index contributed by atoms with van der Waals surface area (Å²) in [5.41, 5.74) is 5.73. The number of likely N-dealkylation sites (tertiary alicyclic amines) is 1. The number of hydrogen-bond donors (Lipinski definition) is 6. The van der Waals surface area contributed by atoms with E-state index >= 15 is 0 Å². The first-order valence-electron chi connectivity index (χ1n) is 15.1. The maximum atomic E-state index is 14.7. The zero-order valence-electron chi connectivity index (χ0n) is 26.3. The highest BCUT2D eigenvalue weighted by Gasteiger charge is 2.45. The van der Waals surface area contributed by atoms with Crippen LogP contribution in [0.25, 0.3) is 0 Å². The number of carboxylic acids is 2. The van der Waals surface area contributed by atoms with E-state index in [1.807, 2.05) is 65.6 Å². The summed E-state index contributed by atoms with van der Waals surface area (Å²) in [6, 6.07) is 18.5. The van der Waals surface area contributed by atoms with Gasteiger partial charge in [0.05, 0.1) is 0 Å². The standard InChI is InChI=1S/C26H38N5O3P.2C2HF3O2/c27-26(28)31-19-14-22(15-20-31)25(30-18-13-21-11-16-29-17-12-21)35(32,33-23-7-3-1-4-8-23)34-24-9-5-2-6-10-24;2*3-2(4,5)1(6)7/h1-10,21-22,25,29-30H,11-20H2,(H3,27,28);2*(H,6,7). The summed E-state index contributed by atoms with van der Waals surface area (Å²) < 4.78 is 90.6. The van der Waals surface area contributed by atoms with Crippen molar-refractivity contribution in [3.8, 4) is 11.5 Å². The lowest BCUT2D eigenvalue weighted by Gasteiger charge is -2.39. The molecular weight excluding hydrogens is 687 g/mol. The van der Waals surface area contributed by atoms with Gasteiger partial charge in [0.2, 0.25) is 0 Å². The molecule has 2 fully saturated rings. The number of rotatable bonds is 10. The fourth-order valence-electron chi connectivity index (χ4n) is 4.99. The van der Waals surface area contributed by atoms with Gasteiger partial charge in [-0.3, -0.25) is 5.41 Å². The second kappa shape index (κ2) is 19.2. The molecule has 2 heterocycles. The molecule has 7 N–H and O–H groups in total. The Morgan fingerprint density at radius 1 is 0.878 bits per heavy atom. The van der Waals surface area contributed by atoms with E-state index in [1.165, 1.54) is 12.8 Å². The van der Waals surface area contributed by atoms with Gasteiger partial charge in [-0.1, -0.05) is 36.4 Å². The van der Waals surface area contributed by atoms with E-state index in [-0.39, 0.29) is 11.9 Å². The molecule has 0 bridgehead atoms. The maximum Gasteiger partial charge on any atom is 0.490 e. The molecule has 1 unspecified atom stereocenters. The third-order valence-corrected chi connectivity index (χ3v) is 9.69. The number of hydrogen-bond acceptors (Lipinski definition) is 8. The van der Waals surface area contributed by atoms with E-state index in [2.05, 4.69) is 10.6 Å². The Hall–Kier alpha value is -4.02. The summed E-state index contributed by atoms with van der Waals surface area (Å²) in [5.74, 6) is -4.12.